The van der Waals surface area contributed by atoms with Gasteiger partial charge >= 0.3 is 0 Å². The van der Waals surface area contributed by atoms with Crippen molar-refractivity contribution in [3.63, 3.8) is 0 Å². The molecule has 0 aromatic heterocycles. The molecule has 0 amide bonds. The average molecular weight is 303 g/mol. The molecule has 0 aromatic rings. The molecule has 2 atom stereocenters. The Balaban J connectivity index is 4.13. The summed E-state index contributed by atoms with van der Waals surface area (Å²) in [5.41, 5.74) is 0. The highest BCUT2D eigenvalue weighted by Gasteiger charge is 2.26. The minimum absolute atomic E-state index is 0.112. The summed E-state index contributed by atoms with van der Waals surface area (Å²) in [5.74, 6) is -0.984. The number of unbranched alkanes of at least 4 members (excludes halogenated alkanes) is 2. The first-order valence-electron chi connectivity index (χ1n) is 8.50. The van der Waals surface area contributed by atoms with Crippen molar-refractivity contribution in [2.45, 2.75) is 83.8 Å². The van der Waals surface area contributed by atoms with Crippen LogP contribution in [0, 0.1) is 0 Å². The number of quaternary nitrogens is 1. The van der Waals surface area contributed by atoms with Crippen molar-refractivity contribution in [3.8, 4) is 0 Å². The molecular formula is C17H34FNO2. The van der Waals surface area contributed by atoms with Gasteiger partial charge in [0.25, 0.3) is 0 Å². The second-order valence-corrected chi connectivity index (χ2v) is 6.71. The zero-order valence-electron chi connectivity index (χ0n) is 14.4. The molecule has 4 heteroatoms. The number of nitrogens with zero attached hydrogens (tertiary/aromatic N) is 1. The predicted molar refractivity (Wildman–Crippen MR) is 83.6 cm³/mol. The van der Waals surface area contributed by atoms with Gasteiger partial charge in [0.2, 0.25) is 0 Å². The number of halogens is 1. The van der Waals surface area contributed by atoms with Gasteiger partial charge in [-0.25, -0.2) is 4.39 Å². The summed E-state index contributed by atoms with van der Waals surface area (Å²) in [6, 6.07) is 0.399. The van der Waals surface area contributed by atoms with Crippen LogP contribution >= 0.6 is 0 Å². The fourth-order valence-electron chi connectivity index (χ4n) is 2.99. The summed E-state index contributed by atoms with van der Waals surface area (Å²) in [6.07, 6.45) is 6.47. The lowest BCUT2D eigenvalue weighted by molar-refractivity contribution is -0.915. The van der Waals surface area contributed by atoms with Crippen molar-refractivity contribution in [1.29, 1.82) is 0 Å². The van der Waals surface area contributed by atoms with E-state index < -0.39 is 12.1 Å². The molecule has 0 aliphatic rings. The van der Waals surface area contributed by atoms with E-state index in [0.717, 1.165) is 43.1 Å². The molecule has 0 aromatic carbocycles. The lowest BCUT2D eigenvalue weighted by Gasteiger charge is -2.38. The largest absolute Gasteiger partial charge is 0.550 e. The Bertz CT molecular complexity index is 282. The molecule has 0 fully saturated rings. The number of rotatable bonds is 13. The molecule has 3 nitrogen and oxygen atoms in total. The zero-order valence-corrected chi connectivity index (χ0v) is 14.4. The van der Waals surface area contributed by atoms with Crippen LogP contribution in [0.3, 0.4) is 0 Å². The van der Waals surface area contributed by atoms with E-state index in [1.807, 2.05) is 0 Å². The van der Waals surface area contributed by atoms with E-state index in [2.05, 4.69) is 27.9 Å². The summed E-state index contributed by atoms with van der Waals surface area (Å²) < 4.78 is 14.6. The van der Waals surface area contributed by atoms with E-state index in [1.54, 1.807) is 0 Å². The van der Waals surface area contributed by atoms with Crippen molar-refractivity contribution in [3.05, 3.63) is 0 Å². The van der Waals surface area contributed by atoms with Crippen LogP contribution in [0.5, 0.6) is 0 Å². The van der Waals surface area contributed by atoms with Gasteiger partial charge in [0.05, 0.1) is 26.7 Å². The first kappa shape index (κ1) is 20.4. The maximum absolute atomic E-state index is 13.9. The molecule has 0 aliphatic heterocycles. The Morgan fingerprint density at radius 1 is 1.10 bits per heavy atom. The Hall–Kier alpha value is -0.640. The number of carbonyl (C=O) groups is 1. The van der Waals surface area contributed by atoms with E-state index >= 15 is 0 Å². The first-order valence-corrected chi connectivity index (χ1v) is 8.50. The lowest BCUT2D eigenvalue weighted by atomic mass is 10.00. The Morgan fingerprint density at radius 2 is 1.76 bits per heavy atom. The van der Waals surface area contributed by atoms with Crippen molar-refractivity contribution in [2.75, 3.05) is 20.6 Å². The number of aliphatic carboxylic acids is 1. The smallest absolute Gasteiger partial charge is 0.100 e. The number of hydrogen-bond donors (Lipinski definition) is 0. The quantitative estimate of drug-likeness (QED) is 0.387. The topological polar surface area (TPSA) is 40.1 Å². The third-order valence-corrected chi connectivity index (χ3v) is 4.51. The second kappa shape index (κ2) is 11.0. The molecule has 21 heavy (non-hydrogen) atoms. The number of alkyl halides is 1. The normalized spacial score (nSPS) is 14.9. The van der Waals surface area contributed by atoms with E-state index in [0.29, 0.717) is 25.3 Å². The molecule has 0 heterocycles. The molecular weight excluding hydrogens is 269 g/mol. The number of hydrogen-bond acceptors (Lipinski definition) is 2. The van der Waals surface area contributed by atoms with E-state index in [-0.39, 0.29) is 6.42 Å². The molecule has 0 saturated carbocycles. The second-order valence-electron chi connectivity index (χ2n) is 6.71. The molecule has 0 spiro atoms. The Labute approximate surface area is 130 Å². The van der Waals surface area contributed by atoms with Crippen molar-refractivity contribution >= 4 is 5.97 Å². The summed E-state index contributed by atoms with van der Waals surface area (Å²) >= 11 is 0. The highest BCUT2D eigenvalue weighted by molar-refractivity contribution is 5.64. The number of carboxylic acid groups (broad SMARTS) is 1. The predicted octanol–water partition coefficient (Wildman–Crippen LogP) is 3.07. The fraction of sp³-hybridized carbons (Fsp3) is 0.941. The molecule has 0 aliphatic carbocycles. The maximum Gasteiger partial charge on any atom is 0.100 e. The van der Waals surface area contributed by atoms with E-state index in [4.69, 9.17) is 0 Å². The fourth-order valence-corrected chi connectivity index (χ4v) is 2.99. The lowest BCUT2D eigenvalue weighted by Crippen LogP contribution is -2.49. The van der Waals surface area contributed by atoms with Crippen LogP contribution in [-0.4, -0.2) is 43.3 Å². The maximum atomic E-state index is 13.9. The van der Waals surface area contributed by atoms with Crippen molar-refractivity contribution in [1.82, 2.24) is 0 Å². The summed E-state index contributed by atoms with van der Waals surface area (Å²) in [4.78, 5) is 10.5. The summed E-state index contributed by atoms with van der Waals surface area (Å²) in [5, 5.41) is 10.5. The van der Waals surface area contributed by atoms with E-state index in [1.165, 1.54) is 0 Å². The summed E-state index contributed by atoms with van der Waals surface area (Å²) in [6.45, 7) is 5.07. The Kier molecular flexibility index (Phi) is 10.7. The van der Waals surface area contributed by atoms with Gasteiger partial charge in [-0.05, 0) is 25.7 Å². The van der Waals surface area contributed by atoms with Crippen molar-refractivity contribution in [2.24, 2.45) is 0 Å². The highest BCUT2D eigenvalue weighted by Crippen LogP contribution is 2.21. The Morgan fingerprint density at radius 3 is 2.29 bits per heavy atom. The van der Waals surface area contributed by atoms with Crippen LogP contribution in [0.4, 0.5) is 4.39 Å². The third-order valence-electron chi connectivity index (χ3n) is 4.51. The van der Waals surface area contributed by atoms with Gasteiger partial charge in [0, 0.05) is 18.8 Å². The summed E-state index contributed by atoms with van der Waals surface area (Å²) in [7, 11) is 4.24. The van der Waals surface area contributed by atoms with Crippen molar-refractivity contribution < 1.29 is 18.8 Å². The van der Waals surface area contributed by atoms with Crippen LogP contribution in [0.2, 0.25) is 0 Å². The van der Waals surface area contributed by atoms with Crippen LogP contribution < -0.4 is 5.11 Å². The van der Waals surface area contributed by atoms with Gasteiger partial charge in [-0.1, -0.05) is 33.1 Å². The molecule has 2 unspecified atom stereocenters. The molecule has 0 N–H and O–H groups in total. The van der Waals surface area contributed by atoms with Gasteiger partial charge in [0.15, 0.2) is 0 Å². The molecule has 0 bridgehead atoms. The first-order chi connectivity index (χ1) is 9.83. The third kappa shape index (κ3) is 9.83. The molecule has 0 saturated heterocycles. The van der Waals surface area contributed by atoms with Gasteiger partial charge < -0.3 is 14.4 Å². The highest BCUT2D eigenvalue weighted by atomic mass is 19.1. The van der Waals surface area contributed by atoms with Gasteiger partial charge in [-0.15, -0.1) is 0 Å². The monoisotopic (exact) mass is 303 g/mol. The van der Waals surface area contributed by atoms with Crippen LogP contribution in [-0.2, 0) is 4.79 Å². The molecule has 126 valence electrons. The molecule has 0 rings (SSSR count). The zero-order chi connectivity index (χ0) is 16.3. The van der Waals surface area contributed by atoms with E-state index in [9.17, 15) is 14.3 Å². The van der Waals surface area contributed by atoms with Crippen LogP contribution in [0.1, 0.15) is 71.6 Å². The standard InChI is InChI=1S/C17H34FNO2/c1-5-7-8-10-15(18)12-13-16(6-2)19(3,4)14-9-11-17(20)21/h15-16H,5-14H2,1-4H3. The minimum Gasteiger partial charge on any atom is -0.550 e. The van der Waals surface area contributed by atoms with Crippen LogP contribution in [0.15, 0.2) is 0 Å². The van der Waals surface area contributed by atoms with Crippen LogP contribution in [0.25, 0.3) is 0 Å². The molecule has 0 radical (unpaired) electrons. The minimum atomic E-state index is -0.984. The number of carbonyl (C=O) groups excluding carboxylic acids is 1. The SMILES string of the molecule is CCCCCC(F)CCC(CC)[N+](C)(C)CCCC(=O)[O-]. The van der Waals surface area contributed by atoms with Gasteiger partial charge in [-0.3, -0.25) is 0 Å². The number of carboxylic acids is 1. The average Bonchev–Trinajstić information content (AvgIpc) is 2.38. The van der Waals surface area contributed by atoms with Gasteiger partial charge in [0.1, 0.15) is 6.17 Å². The van der Waals surface area contributed by atoms with Gasteiger partial charge in [-0.2, -0.15) is 0 Å².